The molecule has 0 bridgehead atoms. The second kappa shape index (κ2) is 47.7. The third kappa shape index (κ3) is 37.5. The van der Waals surface area contributed by atoms with E-state index in [1.165, 1.54) is 6.92 Å². The summed E-state index contributed by atoms with van der Waals surface area (Å²) in [6, 6.07) is 6.84. The predicted molar refractivity (Wildman–Crippen MR) is 352 cm³/mol. The Bertz CT molecular complexity index is 2420. The number of hydrogen-bond donors (Lipinski definition) is 4. The van der Waals surface area contributed by atoms with E-state index in [1.807, 2.05) is 66.7 Å². The fourth-order valence-corrected chi connectivity index (χ4v) is 11.0. The number of benzene rings is 1. The largest absolute Gasteiger partial charge is 0.465 e. The lowest BCUT2D eigenvalue weighted by atomic mass is 9.91. The van der Waals surface area contributed by atoms with Crippen molar-refractivity contribution in [2.75, 3.05) is 40.0 Å². The Morgan fingerprint density at radius 1 is 0.495 bits per heavy atom. The van der Waals surface area contributed by atoms with E-state index in [9.17, 15) is 52.7 Å². The molecule has 0 saturated carbocycles. The van der Waals surface area contributed by atoms with Gasteiger partial charge in [0.25, 0.3) is 0 Å². The molecule has 0 aliphatic carbocycles. The van der Waals surface area contributed by atoms with Crippen molar-refractivity contribution in [3.8, 4) is 0 Å². The van der Waals surface area contributed by atoms with Crippen LogP contribution in [0.25, 0.3) is 0 Å². The number of hydrogen-bond acceptors (Lipinski definition) is 19. The molecule has 2 aliphatic heterocycles. The van der Waals surface area contributed by atoms with Crippen molar-refractivity contribution in [1.82, 2.24) is 21.3 Å². The molecule has 2 aliphatic rings. The van der Waals surface area contributed by atoms with E-state index < -0.39 is 90.5 Å². The molecule has 9 atom stereocenters. The van der Waals surface area contributed by atoms with Gasteiger partial charge in [-0.3, -0.25) is 38.4 Å². The Morgan fingerprint density at radius 3 is 1.54 bits per heavy atom. The maximum absolute atomic E-state index is 13.2. The number of esters is 5. The zero-order valence-electron chi connectivity index (χ0n) is 58.2. The van der Waals surface area contributed by atoms with Gasteiger partial charge in [0, 0.05) is 25.8 Å². The van der Waals surface area contributed by atoms with Crippen molar-refractivity contribution >= 4 is 64.9 Å². The van der Waals surface area contributed by atoms with E-state index in [1.54, 1.807) is 26.1 Å². The van der Waals surface area contributed by atoms with E-state index in [0.717, 1.165) is 76.2 Å². The highest BCUT2D eigenvalue weighted by Crippen LogP contribution is 2.32. The van der Waals surface area contributed by atoms with Gasteiger partial charge in [-0.2, -0.15) is 0 Å². The van der Waals surface area contributed by atoms with Crippen LogP contribution in [0.5, 0.6) is 0 Å². The lowest BCUT2D eigenvalue weighted by Gasteiger charge is -2.22. The molecule has 22 heteroatoms. The molecule has 93 heavy (non-hydrogen) atoms. The minimum atomic E-state index is -0.964. The van der Waals surface area contributed by atoms with Gasteiger partial charge in [-0.15, -0.1) is 0 Å². The second-order valence-corrected chi connectivity index (χ2v) is 26.8. The molecule has 0 aromatic heterocycles. The number of carbonyl (C=O) groups excluding carboxylic acids is 11. The number of ketones is 3. The predicted octanol–water partition coefficient (Wildman–Crippen LogP) is 9.69. The highest BCUT2D eigenvalue weighted by molar-refractivity contribution is 5.99. The smallest absolute Gasteiger partial charge is 0.328 e. The lowest BCUT2D eigenvalue weighted by molar-refractivity contribution is -0.161. The van der Waals surface area contributed by atoms with Crippen molar-refractivity contribution in [2.45, 2.75) is 273 Å². The number of rotatable bonds is 48. The first-order valence-electron chi connectivity index (χ1n) is 34.4. The number of nitrogens with one attached hydrogen (secondary N) is 4. The molecular formula is C71H116N4O18. The van der Waals surface area contributed by atoms with Gasteiger partial charge in [0.1, 0.15) is 60.7 Å². The molecule has 3 rings (SSSR count). The molecule has 2 fully saturated rings. The third-order valence-corrected chi connectivity index (χ3v) is 15.9. The van der Waals surface area contributed by atoms with Crippen LogP contribution in [0, 0.1) is 35.5 Å². The summed E-state index contributed by atoms with van der Waals surface area (Å²) in [5.74, 6) is -3.22. The molecule has 2 heterocycles. The highest BCUT2D eigenvalue weighted by atomic mass is 16.7. The van der Waals surface area contributed by atoms with Gasteiger partial charge in [0.2, 0.25) is 17.7 Å². The van der Waals surface area contributed by atoms with Gasteiger partial charge in [0.15, 0.2) is 12.2 Å². The Hall–Kier alpha value is -6.13. The summed E-state index contributed by atoms with van der Waals surface area (Å²) in [6.07, 6.45) is 11.5. The molecule has 1 aromatic carbocycles. The van der Waals surface area contributed by atoms with Crippen LogP contribution in [0.1, 0.15) is 229 Å². The van der Waals surface area contributed by atoms with Crippen LogP contribution in [0.4, 0.5) is 0 Å². The first-order chi connectivity index (χ1) is 44.2. The average Bonchev–Trinajstić information content (AvgIpc) is 1.72. The summed E-state index contributed by atoms with van der Waals surface area (Å²) >= 11 is 0. The lowest BCUT2D eigenvalue weighted by Crippen LogP contribution is -2.44. The molecule has 528 valence electrons. The number of fused-ring (bicyclic) bond motifs is 1. The van der Waals surface area contributed by atoms with Gasteiger partial charge in [-0.25, -0.2) is 9.59 Å². The fraction of sp³-hybridized carbons (Fsp3) is 0.761. The Labute approximate surface area is 554 Å². The van der Waals surface area contributed by atoms with Crippen LogP contribution in [-0.4, -0.2) is 147 Å². The van der Waals surface area contributed by atoms with Crippen LogP contribution >= 0.6 is 0 Å². The number of unbranched alkanes of at least 4 members (excludes halogenated alkanes) is 9. The van der Waals surface area contributed by atoms with Gasteiger partial charge < -0.3 is 59.2 Å². The molecule has 0 radical (unpaired) electrons. The van der Waals surface area contributed by atoms with Crippen LogP contribution < -0.4 is 21.3 Å². The van der Waals surface area contributed by atoms with E-state index in [0.29, 0.717) is 69.8 Å². The molecule has 2 saturated heterocycles. The average molecular weight is 1310 g/mol. The number of Topliss-reactive ketones (excluding diaryl/α,β-unsaturated/α-hetero) is 3. The van der Waals surface area contributed by atoms with Gasteiger partial charge in [-0.1, -0.05) is 118 Å². The summed E-state index contributed by atoms with van der Waals surface area (Å²) in [6.45, 7) is 22.3. The quantitative estimate of drug-likeness (QED) is 0.0204. The fourth-order valence-electron chi connectivity index (χ4n) is 11.0. The Morgan fingerprint density at radius 2 is 0.989 bits per heavy atom. The summed E-state index contributed by atoms with van der Waals surface area (Å²) < 4.78 is 39.5. The minimum Gasteiger partial charge on any atom is -0.465 e. The number of carbonyl (C=O) groups is 11. The standard InChI is InChI=1S/C40H63N3O10.C31H53NO8/c1-7-32(23-28(2)3)38(48)51-21-15-8-9-16-22-52-40(50)34(24-29(4)5)43-37(47)26-35(45)41-20-14-13-19-33(42-36(46)25-30(6)44)39(49)53-27-31-17-11-10-12-18-31;1-20(2)15-23(17-24(34)14-12-10-8-7-9-11-13-22(5)33)30(35)39-26-18-37-29-27(19-38-28(26)29)40-31(36)25(32-6)16-21(3)4/h10-12,17-18,28-29,32-34H,7-9,13-16,19-27H2,1-6H3,(H,41,45)(H,42,46)(H,43,47);20-21,23,25-29,32H,7-19H2,1-6H3. The first-order valence-corrected chi connectivity index (χ1v) is 34.4. The topological polar surface area (TPSA) is 300 Å². The molecule has 4 N–H and O–H groups in total. The Kier molecular flexibility index (Phi) is 42.6. The van der Waals surface area contributed by atoms with Crippen molar-refractivity contribution in [3.63, 3.8) is 0 Å². The van der Waals surface area contributed by atoms with Crippen LogP contribution in [0.15, 0.2) is 30.3 Å². The third-order valence-electron chi connectivity index (χ3n) is 15.9. The summed E-state index contributed by atoms with van der Waals surface area (Å²) in [5.41, 5.74) is 0.787. The molecule has 1 aromatic rings. The summed E-state index contributed by atoms with van der Waals surface area (Å²) in [5, 5.41) is 10.9. The molecule has 22 nitrogen and oxygen atoms in total. The maximum atomic E-state index is 13.2. The van der Waals surface area contributed by atoms with Gasteiger partial charge in [0.05, 0.1) is 44.7 Å². The number of amides is 3. The minimum absolute atomic E-state index is 0.0339. The SMILES string of the molecule is CCC(CC(C)C)C(=O)OCCCCCCOC(=O)C(CC(C)C)NC(=O)CC(=O)NCCCCC(NC(=O)CC(C)=O)C(=O)OCc1ccccc1.CNC(CC(C)C)C(=O)OC1COC2C(OC(=O)C(CC(=O)CCCCCCCCC(C)=O)CC(C)C)COC12. The van der Waals surface area contributed by atoms with Crippen molar-refractivity contribution < 1.29 is 85.9 Å². The zero-order chi connectivity index (χ0) is 69.3. The van der Waals surface area contributed by atoms with E-state index in [2.05, 4.69) is 35.1 Å². The van der Waals surface area contributed by atoms with Gasteiger partial charge in [-0.05, 0) is 140 Å². The molecule has 0 spiro atoms. The molecular weight excluding hydrogens is 1200 g/mol. The summed E-state index contributed by atoms with van der Waals surface area (Å²) in [4.78, 5) is 136. The number of likely N-dealkylation sites (N-methyl/N-ethyl adjacent to an activating group) is 1. The monoisotopic (exact) mass is 1310 g/mol. The van der Waals surface area contributed by atoms with Crippen LogP contribution in [0.2, 0.25) is 0 Å². The number of ether oxygens (including phenoxy) is 7. The molecule has 9 unspecified atom stereocenters. The highest BCUT2D eigenvalue weighted by Gasteiger charge is 2.52. The van der Waals surface area contributed by atoms with Crippen LogP contribution in [0.3, 0.4) is 0 Å². The van der Waals surface area contributed by atoms with Crippen LogP contribution in [-0.2, 0) is 92.5 Å². The summed E-state index contributed by atoms with van der Waals surface area (Å²) in [7, 11) is 1.74. The zero-order valence-corrected chi connectivity index (χ0v) is 58.2. The Balaban J connectivity index is 0.000000658. The van der Waals surface area contributed by atoms with Gasteiger partial charge >= 0.3 is 29.8 Å². The van der Waals surface area contributed by atoms with E-state index >= 15 is 0 Å². The van der Waals surface area contributed by atoms with E-state index in [4.69, 9.17) is 33.2 Å². The second-order valence-electron chi connectivity index (χ2n) is 26.8. The van der Waals surface area contributed by atoms with Crippen molar-refractivity contribution in [1.29, 1.82) is 0 Å². The van der Waals surface area contributed by atoms with Crippen molar-refractivity contribution in [3.05, 3.63) is 35.9 Å². The molecule has 3 amide bonds. The normalized spacial score (nSPS) is 17.4. The van der Waals surface area contributed by atoms with E-state index in [-0.39, 0.29) is 99.3 Å². The first kappa shape index (κ1) is 83.0. The van der Waals surface area contributed by atoms with Crippen molar-refractivity contribution in [2.24, 2.45) is 35.5 Å². The maximum Gasteiger partial charge on any atom is 0.328 e.